The molecular weight excluding hydrogens is 472 g/mol. The Morgan fingerprint density at radius 1 is 1.18 bits per heavy atom. The van der Waals surface area contributed by atoms with Crippen LogP contribution >= 0.6 is 11.6 Å². The first-order valence-electron chi connectivity index (χ1n) is 12.3. The Hall–Kier alpha value is -1.84. The molecule has 2 aromatic rings. The second kappa shape index (κ2) is 8.10. The van der Waals surface area contributed by atoms with Gasteiger partial charge in [-0.2, -0.15) is 4.98 Å². The van der Waals surface area contributed by atoms with Gasteiger partial charge in [0, 0.05) is 36.8 Å². The molecule has 0 aromatic carbocycles. The quantitative estimate of drug-likeness (QED) is 0.639. The van der Waals surface area contributed by atoms with Gasteiger partial charge in [0.05, 0.1) is 38.4 Å². The number of anilines is 2. The summed E-state index contributed by atoms with van der Waals surface area (Å²) >= 11 is 5.99. The molecule has 182 valence electrons. The first kappa shape index (κ1) is 22.6. The van der Waals surface area contributed by atoms with E-state index in [4.69, 9.17) is 21.6 Å². The minimum absolute atomic E-state index is 0.0505. The van der Waals surface area contributed by atoms with Gasteiger partial charge >= 0.3 is 0 Å². The van der Waals surface area contributed by atoms with Gasteiger partial charge in [-0.1, -0.05) is 11.6 Å². The number of aromatic nitrogens is 4. The molecule has 5 heterocycles. The lowest BCUT2D eigenvalue weighted by Gasteiger charge is -2.42. The van der Waals surface area contributed by atoms with Crippen molar-refractivity contribution in [2.45, 2.75) is 98.4 Å². The van der Waals surface area contributed by atoms with Crippen LogP contribution in [0.5, 0.6) is 0 Å². The van der Waals surface area contributed by atoms with Gasteiger partial charge in [-0.25, -0.2) is 15.0 Å². The highest BCUT2D eigenvalue weighted by molar-refractivity contribution is 7.87. The predicted molar refractivity (Wildman–Crippen MR) is 132 cm³/mol. The van der Waals surface area contributed by atoms with E-state index >= 15 is 0 Å². The molecule has 1 saturated carbocycles. The van der Waals surface area contributed by atoms with E-state index in [0.717, 1.165) is 67.3 Å². The van der Waals surface area contributed by atoms with E-state index in [1.807, 2.05) is 13.8 Å². The van der Waals surface area contributed by atoms with Crippen LogP contribution in [0.3, 0.4) is 0 Å². The number of halogens is 1. The van der Waals surface area contributed by atoms with Crippen molar-refractivity contribution < 1.29 is 9.32 Å². The SMILES string of the molecule is CC1(C)Cc2nc(N3C4CCC3CC(c3ncc(Cl)cn3)C4)nc(NC3(CO)CCC3)c2[S@@]1=O. The van der Waals surface area contributed by atoms with E-state index in [9.17, 15) is 9.32 Å². The van der Waals surface area contributed by atoms with Gasteiger partial charge in [0.25, 0.3) is 0 Å². The molecule has 3 atom stereocenters. The minimum atomic E-state index is -1.20. The zero-order valence-electron chi connectivity index (χ0n) is 19.6. The first-order valence-corrected chi connectivity index (χ1v) is 13.8. The van der Waals surface area contributed by atoms with Crippen LogP contribution in [0.1, 0.15) is 76.2 Å². The molecule has 1 aliphatic carbocycles. The van der Waals surface area contributed by atoms with Crippen molar-refractivity contribution in [2.75, 3.05) is 16.8 Å². The second-order valence-corrected chi connectivity index (χ2v) is 13.5. The summed E-state index contributed by atoms with van der Waals surface area (Å²) in [7, 11) is -1.20. The maximum Gasteiger partial charge on any atom is 0.228 e. The standard InChI is InChI=1S/C24H31ClN6O2S/c1-23(2)10-18-19(34(23)33)21(30-24(13-32)6-3-7-24)29-22(28-18)31-16-4-5-17(31)9-14(8-16)20-26-11-15(25)12-27-20/h11-12,14,16-17,32H,3-10,13H2,1-2H3,(H,28,29,30)/t14?,16?,17?,34-/m0/s1. The maximum atomic E-state index is 13.4. The summed E-state index contributed by atoms with van der Waals surface area (Å²) in [6, 6.07) is 0.647. The Morgan fingerprint density at radius 2 is 1.85 bits per heavy atom. The van der Waals surface area contributed by atoms with Crippen LogP contribution in [0.2, 0.25) is 5.02 Å². The van der Waals surface area contributed by atoms with E-state index in [-0.39, 0.29) is 16.9 Å². The Bertz CT molecular complexity index is 1120. The Labute approximate surface area is 207 Å². The molecule has 2 bridgehead atoms. The largest absolute Gasteiger partial charge is 0.394 e. The van der Waals surface area contributed by atoms with E-state index < -0.39 is 10.8 Å². The van der Waals surface area contributed by atoms with Gasteiger partial charge in [-0.05, 0) is 58.8 Å². The molecule has 0 amide bonds. The maximum absolute atomic E-state index is 13.4. The minimum Gasteiger partial charge on any atom is -0.394 e. The lowest BCUT2D eigenvalue weighted by atomic mass is 9.77. The smallest absolute Gasteiger partial charge is 0.228 e. The van der Waals surface area contributed by atoms with Crippen LogP contribution in [0.15, 0.2) is 17.3 Å². The molecule has 2 N–H and O–H groups in total. The van der Waals surface area contributed by atoms with E-state index in [0.29, 0.717) is 35.3 Å². The number of aliphatic hydroxyl groups excluding tert-OH is 1. The summed E-state index contributed by atoms with van der Waals surface area (Å²) < 4.78 is 13.0. The average Bonchev–Trinajstić information content (AvgIpc) is 3.18. The highest BCUT2D eigenvalue weighted by Gasteiger charge is 2.47. The Morgan fingerprint density at radius 3 is 2.44 bits per heavy atom. The molecule has 0 radical (unpaired) electrons. The van der Waals surface area contributed by atoms with Gasteiger partial charge in [0.2, 0.25) is 5.95 Å². The summed E-state index contributed by atoms with van der Waals surface area (Å²) in [5.74, 6) is 2.55. The van der Waals surface area contributed by atoms with Gasteiger partial charge in [-0.15, -0.1) is 0 Å². The molecule has 10 heteroatoms. The first-order chi connectivity index (χ1) is 16.3. The van der Waals surface area contributed by atoms with Crippen molar-refractivity contribution in [3.8, 4) is 0 Å². The number of hydrogen-bond donors (Lipinski definition) is 2. The van der Waals surface area contributed by atoms with Crippen LogP contribution < -0.4 is 10.2 Å². The number of fused-ring (bicyclic) bond motifs is 3. The van der Waals surface area contributed by atoms with E-state index in [1.54, 1.807) is 12.4 Å². The van der Waals surface area contributed by atoms with Crippen molar-refractivity contribution in [2.24, 2.45) is 0 Å². The van der Waals surface area contributed by atoms with Crippen LogP contribution in [-0.4, -0.2) is 58.2 Å². The van der Waals surface area contributed by atoms with Crippen LogP contribution in [0.4, 0.5) is 11.8 Å². The fourth-order valence-corrected chi connectivity index (χ4v) is 7.69. The lowest BCUT2D eigenvalue weighted by molar-refractivity contribution is 0.143. The summed E-state index contributed by atoms with van der Waals surface area (Å²) in [6.45, 7) is 4.11. The third-order valence-electron chi connectivity index (χ3n) is 8.17. The van der Waals surface area contributed by atoms with Gasteiger partial charge in [0.1, 0.15) is 16.5 Å². The van der Waals surface area contributed by atoms with Crippen LogP contribution in [0.25, 0.3) is 0 Å². The topological polar surface area (TPSA) is 104 Å². The fraction of sp³-hybridized carbons (Fsp3) is 0.667. The van der Waals surface area contributed by atoms with Crippen LogP contribution in [-0.2, 0) is 17.2 Å². The molecule has 2 unspecified atom stereocenters. The zero-order chi connectivity index (χ0) is 23.7. The summed E-state index contributed by atoms with van der Waals surface area (Å²) in [6.07, 6.45) is 11.0. The van der Waals surface area contributed by atoms with Crippen molar-refractivity contribution in [1.82, 2.24) is 19.9 Å². The van der Waals surface area contributed by atoms with Crippen LogP contribution in [0, 0.1) is 0 Å². The monoisotopic (exact) mass is 502 g/mol. The number of piperidine rings is 1. The molecule has 2 aromatic heterocycles. The van der Waals surface area contributed by atoms with Crippen molar-refractivity contribution in [3.05, 3.63) is 28.9 Å². The third-order valence-corrected chi connectivity index (χ3v) is 10.3. The Kier molecular flexibility index (Phi) is 5.39. The fourth-order valence-electron chi connectivity index (χ4n) is 6.17. The summed E-state index contributed by atoms with van der Waals surface area (Å²) in [5, 5.41) is 14.2. The number of rotatable bonds is 5. The predicted octanol–water partition coefficient (Wildman–Crippen LogP) is 3.60. The normalized spacial score (nSPS) is 30.6. The van der Waals surface area contributed by atoms with Crippen molar-refractivity contribution in [1.29, 1.82) is 0 Å². The second-order valence-electron chi connectivity index (χ2n) is 11.0. The molecule has 2 saturated heterocycles. The molecular formula is C24H31ClN6O2S. The number of nitrogens with zero attached hydrogens (tertiary/aromatic N) is 5. The number of hydrogen-bond acceptors (Lipinski definition) is 8. The van der Waals surface area contributed by atoms with E-state index in [2.05, 4.69) is 20.2 Å². The molecule has 34 heavy (non-hydrogen) atoms. The number of aliphatic hydroxyl groups is 1. The third kappa shape index (κ3) is 3.62. The van der Waals surface area contributed by atoms with Gasteiger partial charge in [0.15, 0.2) is 0 Å². The summed E-state index contributed by atoms with van der Waals surface area (Å²) in [4.78, 5) is 22.1. The highest BCUT2D eigenvalue weighted by atomic mass is 35.5. The molecule has 4 aliphatic rings. The molecule has 3 aliphatic heterocycles. The molecule has 6 rings (SSSR count). The van der Waals surface area contributed by atoms with Gasteiger partial charge in [-0.3, -0.25) is 4.21 Å². The zero-order valence-corrected chi connectivity index (χ0v) is 21.2. The number of nitrogens with one attached hydrogen (secondary N) is 1. The molecule has 0 spiro atoms. The van der Waals surface area contributed by atoms with Gasteiger partial charge < -0.3 is 15.3 Å². The van der Waals surface area contributed by atoms with E-state index in [1.165, 1.54) is 0 Å². The van der Waals surface area contributed by atoms with Crippen molar-refractivity contribution >= 4 is 34.2 Å². The Balaban J connectivity index is 1.34. The summed E-state index contributed by atoms with van der Waals surface area (Å²) in [5.41, 5.74) is 0.514. The average molecular weight is 503 g/mol. The molecule has 3 fully saturated rings. The van der Waals surface area contributed by atoms with Crippen molar-refractivity contribution in [3.63, 3.8) is 0 Å². The lowest BCUT2D eigenvalue weighted by Crippen LogP contribution is -2.49. The molecule has 8 nitrogen and oxygen atoms in total. The highest BCUT2D eigenvalue weighted by Crippen LogP contribution is 2.47.